The molecule has 1 aliphatic rings. The average Bonchev–Trinajstić information content (AvgIpc) is 2.84. The summed E-state index contributed by atoms with van der Waals surface area (Å²) in [4.78, 5) is 25.7. The highest BCUT2D eigenvalue weighted by Crippen LogP contribution is 2.30. The van der Waals surface area contributed by atoms with E-state index in [2.05, 4.69) is 5.32 Å². The molecule has 0 aliphatic carbocycles. The zero-order valence-electron chi connectivity index (χ0n) is 12.9. The van der Waals surface area contributed by atoms with Crippen LogP contribution in [0, 0.1) is 0 Å². The monoisotopic (exact) mass is 362 g/mol. The van der Waals surface area contributed by atoms with Gasteiger partial charge in [-0.1, -0.05) is 41.4 Å². The van der Waals surface area contributed by atoms with Crippen molar-refractivity contribution >= 4 is 40.7 Å². The topological polar surface area (TPSA) is 49.4 Å². The Morgan fingerprint density at radius 3 is 2.75 bits per heavy atom. The van der Waals surface area contributed by atoms with Crippen molar-refractivity contribution in [1.82, 2.24) is 5.32 Å². The Hall–Kier alpha value is -2.04. The lowest BCUT2D eigenvalue weighted by Crippen LogP contribution is -2.39. The largest absolute Gasteiger partial charge is 0.354 e. The molecule has 0 radical (unpaired) electrons. The van der Waals surface area contributed by atoms with E-state index in [1.807, 2.05) is 24.3 Å². The number of benzene rings is 2. The number of carbonyl (C=O) groups excluding carboxylic acids is 2. The fraction of sp³-hybridized carbons (Fsp3) is 0.222. The number of hydrogen-bond acceptors (Lipinski definition) is 2. The van der Waals surface area contributed by atoms with Gasteiger partial charge in [-0.05, 0) is 41.8 Å². The minimum absolute atomic E-state index is 0.00991. The number of fused-ring (bicyclic) bond motifs is 1. The number of amides is 2. The lowest BCUT2D eigenvalue weighted by molar-refractivity contribution is -0.123. The molecule has 0 spiro atoms. The van der Waals surface area contributed by atoms with Gasteiger partial charge in [-0.2, -0.15) is 0 Å². The van der Waals surface area contributed by atoms with Crippen LogP contribution in [-0.2, 0) is 22.4 Å². The fourth-order valence-electron chi connectivity index (χ4n) is 2.76. The molecule has 124 valence electrons. The summed E-state index contributed by atoms with van der Waals surface area (Å²) in [5, 5.41) is 4.11. The molecule has 0 fully saturated rings. The van der Waals surface area contributed by atoms with Crippen molar-refractivity contribution in [3.8, 4) is 0 Å². The average molecular weight is 363 g/mol. The zero-order chi connectivity index (χ0) is 17.1. The van der Waals surface area contributed by atoms with Crippen LogP contribution in [-0.4, -0.2) is 24.9 Å². The van der Waals surface area contributed by atoms with E-state index in [1.54, 1.807) is 18.2 Å². The Morgan fingerprint density at radius 1 is 1.17 bits per heavy atom. The Labute approximate surface area is 150 Å². The van der Waals surface area contributed by atoms with Crippen molar-refractivity contribution in [3.05, 3.63) is 63.6 Å². The van der Waals surface area contributed by atoms with Crippen LogP contribution < -0.4 is 10.2 Å². The van der Waals surface area contributed by atoms with Crippen molar-refractivity contribution in [2.24, 2.45) is 0 Å². The number of nitrogens with one attached hydrogen (secondary N) is 1. The first-order chi connectivity index (χ1) is 11.5. The van der Waals surface area contributed by atoms with Crippen LogP contribution in [0.2, 0.25) is 10.0 Å². The molecule has 1 aliphatic heterocycles. The molecule has 2 aromatic rings. The van der Waals surface area contributed by atoms with Crippen molar-refractivity contribution in [1.29, 1.82) is 0 Å². The van der Waals surface area contributed by atoms with Crippen LogP contribution in [0.1, 0.15) is 11.1 Å². The van der Waals surface area contributed by atoms with Gasteiger partial charge in [-0.15, -0.1) is 0 Å². The summed E-state index contributed by atoms with van der Waals surface area (Å²) in [6.45, 7) is 0.480. The molecule has 1 N–H and O–H groups in total. The SMILES string of the molecule is O=C(CN1C(=O)Cc2cc(Cl)ccc21)NCCc1ccccc1Cl. The first-order valence-electron chi connectivity index (χ1n) is 7.63. The second-order valence-electron chi connectivity index (χ2n) is 5.62. The molecular formula is C18H16Cl2N2O2. The van der Waals surface area contributed by atoms with Gasteiger partial charge in [0.1, 0.15) is 6.54 Å². The van der Waals surface area contributed by atoms with Gasteiger partial charge in [0.2, 0.25) is 11.8 Å². The third-order valence-electron chi connectivity index (χ3n) is 3.95. The lowest BCUT2D eigenvalue weighted by atomic mass is 10.1. The maximum absolute atomic E-state index is 12.1. The van der Waals surface area contributed by atoms with E-state index in [0.717, 1.165) is 16.8 Å². The smallest absolute Gasteiger partial charge is 0.240 e. The first kappa shape index (κ1) is 16.8. The Bertz CT molecular complexity index is 792. The maximum Gasteiger partial charge on any atom is 0.240 e. The molecule has 0 atom stereocenters. The van der Waals surface area contributed by atoms with Gasteiger partial charge in [-0.3, -0.25) is 9.59 Å². The van der Waals surface area contributed by atoms with Gasteiger partial charge >= 0.3 is 0 Å². The number of hydrogen-bond donors (Lipinski definition) is 1. The molecule has 2 amide bonds. The molecule has 2 aromatic carbocycles. The van der Waals surface area contributed by atoms with Gasteiger partial charge in [0, 0.05) is 22.3 Å². The summed E-state index contributed by atoms with van der Waals surface area (Å²) < 4.78 is 0. The van der Waals surface area contributed by atoms with Crippen molar-refractivity contribution in [2.45, 2.75) is 12.8 Å². The van der Waals surface area contributed by atoms with Crippen molar-refractivity contribution < 1.29 is 9.59 Å². The Morgan fingerprint density at radius 2 is 1.96 bits per heavy atom. The minimum Gasteiger partial charge on any atom is -0.354 e. The highest BCUT2D eigenvalue weighted by Gasteiger charge is 2.28. The summed E-state index contributed by atoms with van der Waals surface area (Å²) in [5.74, 6) is -0.285. The summed E-state index contributed by atoms with van der Waals surface area (Å²) >= 11 is 12.0. The van der Waals surface area contributed by atoms with Gasteiger partial charge < -0.3 is 10.2 Å². The maximum atomic E-state index is 12.1. The Kier molecular flexibility index (Phi) is 5.07. The second kappa shape index (κ2) is 7.24. The molecule has 3 rings (SSSR count). The molecule has 0 saturated carbocycles. The molecule has 0 aromatic heterocycles. The van der Waals surface area contributed by atoms with Crippen molar-refractivity contribution in [2.75, 3.05) is 18.0 Å². The Balaban J connectivity index is 1.56. The van der Waals surface area contributed by atoms with E-state index in [9.17, 15) is 9.59 Å². The number of anilines is 1. The van der Waals surface area contributed by atoms with Crippen LogP contribution >= 0.6 is 23.2 Å². The van der Waals surface area contributed by atoms with E-state index in [-0.39, 0.29) is 24.8 Å². The van der Waals surface area contributed by atoms with Crippen LogP contribution in [0.5, 0.6) is 0 Å². The van der Waals surface area contributed by atoms with Crippen LogP contribution in [0.3, 0.4) is 0 Å². The summed E-state index contributed by atoms with van der Waals surface area (Å²) in [7, 11) is 0. The zero-order valence-corrected chi connectivity index (χ0v) is 14.4. The molecule has 4 nitrogen and oxygen atoms in total. The highest BCUT2D eigenvalue weighted by atomic mass is 35.5. The predicted octanol–water partition coefficient (Wildman–Crippen LogP) is 3.24. The van der Waals surface area contributed by atoms with E-state index < -0.39 is 0 Å². The van der Waals surface area contributed by atoms with Gasteiger partial charge in [-0.25, -0.2) is 0 Å². The summed E-state index contributed by atoms with van der Waals surface area (Å²) in [5.41, 5.74) is 2.60. The van der Waals surface area contributed by atoms with E-state index in [0.29, 0.717) is 23.0 Å². The molecular weight excluding hydrogens is 347 g/mol. The van der Waals surface area contributed by atoms with Crippen LogP contribution in [0.25, 0.3) is 0 Å². The second-order valence-corrected chi connectivity index (χ2v) is 6.46. The first-order valence-corrected chi connectivity index (χ1v) is 8.39. The molecule has 1 heterocycles. The normalized spacial score (nSPS) is 13.1. The molecule has 0 saturated heterocycles. The molecule has 0 bridgehead atoms. The number of rotatable bonds is 5. The summed E-state index contributed by atoms with van der Waals surface area (Å²) in [6, 6.07) is 12.8. The van der Waals surface area contributed by atoms with E-state index >= 15 is 0 Å². The quantitative estimate of drug-likeness (QED) is 0.887. The summed E-state index contributed by atoms with van der Waals surface area (Å²) in [6.07, 6.45) is 0.925. The molecule has 6 heteroatoms. The van der Waals surface area contributed by atoms with Gasteiger partial charge in [0.15, 0.2) is 0 Å². The van der Waals surface area contributed by atoms with Crippen LogP contribution in [0.4, 0.5) is 5.69 Å². The highest BCUT2D eigenvalue weighted by molar-refractivity contribution is 6.31. The van der Waals surface area contributed by atoms with Gasteiger partial charge in [0.25, 0.3) is 0 Å². The third kappa shape index (κ3) is 3.71. The number of halogens is 2. The molecule has 24 heavy (non-hydrogen) atoms. The standard InChI is InChI=1S/C18H16Cl2N2O2/c19-14-5-6-16-13(9-14)10-18(24)22(16)11-17(23)21-8-7-12-3-1-2-4-15(12)20/h1-6,9H,7-8,10-11H2,(H,21,23). The lowest BCUT2D eigenvalue weighted by Gasteiger charge is -2.17. The third-order valence-corrected chi connectivity index (χ3v) is 4.55. The predicted molar refractivity (Wildman–Crippen MR) is 95.7 cm³/mol. The number of nitrogens with zero attached hydrogens (tertiary/aromatic N) is 1. The molecule has 0 unspecified atom stereocenters. The van der Waals surface area contributed by atoms with E-state index in [4.69, 9.17) is 23.2 Å². The van der Waals surface area contributed by atoms with Crippen molar-refractivity contribution in [3.63, 3.8) is 0 Å². The fourth-order valence-corrected chi connectivity index (χ4v) is 3.19. The van der Waals surface area contributed by atoms with Crippen LogP contribution in [0.15, 0.2) is 42.5 Å². The van der Waals surface area contributed by atoms with E-state index in [1.165, 1.54) is 4.90 Å². The number of carbonyl (C=O) groups is 2. The van der Waals surface area contributed by atoms with Gasteiger partial charge in [0.05, 0.1) is 6.42 Å². The minimum atomic E-state index is -0.196.